The molecule has 0 N–H and O–H groups in total. The van der Waals surface area contributed by atoms with Gasteiger partial charge in [-0.3, -0.25) is 0 Å². The molecular weight excluding hydrogens is 361 g/mol. The van der Waals surface area contributed by atoms with Gasteiger partial charge in [-0.2, -0.15) is 10.2 Å². The fourth-order valence-corrected chi connectivity index (χ4v) is 2.78. The fourth-order valence-electron chi connectivity index (χ4n) is 2.78. The summed E-state index contributed by atoms with van der Waals surface area (Å²) in [4.78, 5) is 0. The van der Waals surface area contributed by atoms with E-state index in [9.17, 15) is 13.2 Å². The molecule has 0 heterocycles. The number of benzene rings is 3. The molecule has 0 bridgehead atoms. The molecule has 28 heavy (non-hydrogen) atoms. The highest BCUT2D eigenvalue weighted by molar-refractivity contribution is 5.83. The second-order valence-corrected chi connectivity index (χ2v) is 6.35. The number of rotatable bonds is 6. The maximum absolute atomic E-state index is 14.3. The quantitative estimate of drug-likeness (QED) is 0.361. The maximum Gasteiger partial charge on any atom is 0.159 e. The largest absolute Gasteiger partial charge is 0.206 e. The lowest BCUT2D eigenvalue weighted by atomic mass is 10.0. The van der Waals surface area contributed by atoms with E-state index in [4.69, 9.17) is 0 Å². The van der Waals surface area contributed by atoms with Gasteiger partial charge < -0.3 is 0 Å². The third-order valence-electron chi connectivity index (χ3n) is 4.22. The van der Waals surface area contributed by atoms with Crippen LogP contribution in [0.15, 0.2) is 70.9 Å². The molecule has 0 unspecified atom stereocenters. The van der Waals surface area contributed by atoms with Crippen LogP contribution in [0.25, 0.3) is 11.1 Å². The molecule has 3 aromatic rings. The molecule has 0 saturated carbocycles. The minimum absolute atomic E-state index is 0.233. The summed E-state index contributed by atoms with van der Waals surface area (Å²) in [6.45, 7) is 2.06. The van der Waals surface area contributed by atoms with Crippen molar-refractivity contribution in [1.29, 1.82) is 0 Å². The lowest BCUT2D eigenvalue weighted by Gasteiger charge is -2.06. The van der Waals surface area contributed by atoms with Gasteiger partial charge in [0, 0.05) is 5.56 Å². The number of hydrogen-bond acceptors (Lipinski definition) is 2. The molecule has 0 fully saturated rings. The van der Waals surface area contributed by atoms with Crippen molar-refractivity contribution >= 4 is 12.4 Å². The molecule has 2 nitrogen and oxygen atoms in total. The van der Waals surface area contributed by atoms with Crippen molar-refractivity contribution in [3.8, 4) is 11.1 Å². The van der Waals surface area contributed by atoms with Crippen LogP contribution in [0.3, 0.4) is 0 Å². The normalized spacial score (nSPS) is 11.6. The smallest absolute Gasteiger partial charge is 0.159 e. The van der Waals surface area contributed by atoms with Crippen LogP contribution < -0.4 is 0 Å². The molecule has 5 heteroatoms. The Kier molecular flexibility index (Phi) is 6.37. The van der Waals surface area contributed by atoms with Gasteiger partial charge in [0.15, 0.2) is 11.6 Å². The Morgan fingerprint density at radius 2 is 1.39 bits per heavy atom. The number of nitrogens with zero attached hydrogens (tertiary/aromatic N) is 2. The number of hydrogen-bond donors (Lipinski definition) is 0. The first-order chi connectivity index (χ1) is 13.6. The van der Waals surface area contributed by atoms with Gasteiger partial charge in [-0.25, -0.2) is 13.2 Å². The molecule has 0 atom stereocenters. The molecule has 0 radical (unpaired) electrons. The minimum Gasteiger partial charge on any atom is -0.206 e. The first kappa shape index (κ1) is 19.5. The second kappa shape index (κ2) is 9.13. The van der Waals surface area contributed by atoms with Crippen LogP contribution in [0.5, 0.6) is 0 Å². The summed E-state index contributed by atoms with van der Waals surface area (Å²) in [5.41, 5.74) is 3.52. The second-order valence-electron chi connectivity index (χ2n) is 6.35. The zero-order valence-electron chi connectivity index (χ0n) is 15.4. The Labute approximate surface area is 162 Å². The van der Waals surface area contributed by atoms with Crippen LogP contribution in [-0.2, 0) is 6.42 Å². The monoisotopic (exact) mass is 380 g/mol. The SMILES string of the molecule is CCCc1ccc(-c2ccc(C=NN=Cc3ccc(F)c(F)c3)cc2)c(F)c1. The van der Waals surface area contributed by atoms with Gasteiger partial charge in [0.05, 0.1) is 12.4 Å². The first-order valence-corrected chi connectivity index (χ1v) is 8.97. The third kappa shape index (κ3) is 4.94. The maximum atomic E-state index is 14.3. The van der Waals surface area contributed by atoms with Crippen LogP contribution in [0.2, 0.25) is 0 Å². The van der Waals surface area contributed by atoms with E-state index in [1.54, 1.807) is 12.1 Å². The van der Waals surface area contributed by atoms with Gasteiger partial charge in [-0.1, -0.05) is 55.8 Å². The summed E-state index contributed by atoms with van der Waals surface area (Å²) in [5, 5.41) is 7.72. The Bertz CT molecular complexity index is 1010. The predicted molar refractivity (Wildman–Crippen MR) is 107 cm³/mol. The fraction of sp³-hybridized carbons (Fsp3) is 0.130. The minimum atomic E-state index is -0.932. The van der Waals surface area contributed by atoms with Crippen molar-refractivity contribution < 1.29 is 13.2 Å². The first-order valence-electron chi connectivity index (χ1n) is 8.97. The summed E-state index contributed by atoms with van der Waals surface area (Å²) >= 11 is 0. The van der Waals surface area contributed by atoms with Crippen LogP contribution in [-0.4, -0.2) is 12.4 Å². The van der Waals surface area contributed by atoms with Crippen molar-refractivity contribution in [2.24, 2.45) is 10.2 Å². The van der Waals surface area contributed by atoms with E-state index in [1.165, 1.54) is 18.5 Å². The zero-order valence-corrected chi connectivity index (χ0v) is 15.4. The van der Waals surface area contributed by atoms with Gasteiger partial charge in [0.1, 0.15) is 5.82 Å². The Balaban J connectivity index is 1.68. The predicted octanol–water partition coefficient (Wildman–Crippen LogP) is 6.18. The van der Waals surface area contributed by atoms with Crippen molar-refractivity contribution in [2.75, 3.05) is 0 Å². The number of halogens is 3. The van der Waals surface area contributed by atoms with E-state index in [0.29, 0.717) is 11.1 Å². The summed E-state index contributed by atoms with van der Waals surface area (Å²) < 4.78 is 40.3. The van der Waals surface area contributed by atoms with Gasteiger partial charge in [-0.15, -0.1) is 0 Å². The molecule has 142 valence electrons. The molecule has 0 aliphatic rings. The highest BCUT2D eigenvalue weighted by Crippen LogP contribution is 2.24. The molecule has 0 spiro atoms. The van der Waals surface area contributed by atoms with Gasteiger partial charge in [0.25, 0.3) is 0 Å². The van der Waals surface area contributed by atoms with E-state index in [1.807, 2.05) is 30.3 Å². The highest BCUT2D eigenvalue weighted by Gasteiger charge is 2.06. The van der Waals surface area contributed by atoms with Crippen LogP contribution in [0, 0.1) is 17.5 Å². The van der Waals surface area contributed by atoms with E-state index >= 15 is 0 Å². The molecule has 0 saturated heterocycles. The van der Waals surface area contributed by atoms with E-state index in [-0.39, 0.29) is 5.82 Å². The van der Waals surface area contributed by atoms with Crippen LogP contribution in [0.4, 0.5) is 13.2 Å². The van der Waals surface area contributed by atoms with Crippen LogP contribution >= 0.6 is 0 Å². The summed E-state index contributed by atoms with van der Waals surface area (Å²) in [5.74, 6) is -2.07. The average Bonchev–Trinajstić information content (AvgIpc) is 2.69. The standard InChI is InChI=1S/C23H19F3N2/c1-2-3-16-6-10-20(22(25)12-16)19-8-4-17(5-9-19)14-27-28-15-18-7-11-21(24)23(26)13-18/h4-15H,2-3H2,1H3. The molecule has 0 aromatic heterocycles. The summed E-state index contributed by atoms with van der Waals surface area (Å²) in [6, 6.07) is 16.1. The van der Waals surface area contributed by atoms with Crippen molar-refractivity contribution in [2.45, 2.75) is 19.8 Å². The van der Waals surface area contributed by atoms with E-state index in [0.717, 1.165) is 41.7 Å². The van der Waals surface area contributed by atoms with Crippen LogP contribution in [0.1, 0.15) is 30.0 Å². The summed E-state index contributed by atoms with van der Waals surface area (Å²) in [7, 11) is 0. The highest BCUT2D eigenvalue weighted by atomic mass is 19.2. The van der Waals surface area contributed by atoms with E-state index < -0.39 is 11.6 Å². The molecule has 3 rings (SSSR count). The van der Waals surface area contributed by atoms with Gasteiger partial charge >= 0.3 is 0 Å². The molecular formula is C23H19F3N2. The zero-order chi connectivity index (χ0) is 19.9. The molecule has 0 aliphatic heterocycles. The Hall–Kier alpha value is -3.21. The molecule has 0 aliphatic carbocycles. The van der Waals surface area contributed by atoms with Gasteiger partial charge in [-0.05, 0) is 46.9 Å². The summed E-state index contributed by atoms with van der Waals surface area (Å²) in [6.07, 6.45) is 4.70. The topological polar surface area (TPSA) is 24.7 Å². The van der Waals surface area contributed by atoms with Crippen molar-refractivity contribution in [3.63, 3.8) is 0 Å². The Morgan fingerprint density at radius 3 is 2.04 bits per heavy atom. The van der Waals surface area contributed by atoms with E-state index in [2.05, 4.69) is 17.1 Å². The average molecular weight is 380 g/mol. The van der Waals surface area contributed by atoms with Crippen molar-refractivity contribution in [3.05, 3.63) is 94.8 Å². The molecule has 3 aromatic carbocycles. The third-order valence-corrected chi connectivity index (χ3v) is 4.22. The van der Waals surface area contributed by atoms with Gasteiger partial charge in [0.2, 0.25) is 0 Å². The lowest BCUT2D eigenvalue weighted by Crippen LogP contribution is -1.90. The number of aryl methyl sites for hydroxylation is 1. The lowest BCUT2D eigenvalue weighted by molar-refractivity contribution is 0.508. The molecule has 0 amide bonds. The Morgan fingerprint density at radius 1 is 0.714 bits per heavy atom. The van der Waals surface area contributed by atoms with Crippen molar-refractivity contribution in [1.82, 2.24) is 0 Å².